The van der Waals surface area contributed by atoms with Crippen molar-refractivity contribution in [3.05, 3.63) is 83.6 Å². The van der Waals surface area contributed by atoms with Crippen LogP contribution in [0.1, 0.15) is 22.5 Å². The Bertz CT molecular complexity index is 1360. The molecule has 0 spiro atoms. The number of carbonyl (C=O) groups is 1. The minimum Gasteiger partial charge on any atom is -0.478 e. The molecular weight excluding hydrogens is 400 g/mol. The van der Waals surface area contributed by atoms with Crippen LogP contribution in [0.3, 0.4) is 0 Å². The van der Waals surface area contributed by atoms with Crippen molar-refractivity contribution in [3.63, 3.8) is 0 Å². The van der Waals surface area contributed by atoms with Crippen molar-refractivity contribution >= 4 is 44.2 Å². The first-order chi connectivity index (χ1) is 14.6. The predicted molar refractivity (Wildman–Crippen MR) is 117 cm³/mol. The summed E-state index contributed by atoms with van der Waals surface area (Å²) in [5.74, 6) is -1.00. The van der Waals surface area contributed by atoms with Crippen LogP contribution in [0, 0.1) is 0 Å². The van der Waals surface area contributed by atoms with Crippen LogP contribution in [-0.2, 0) is 0 Å². The van der Waals surface area contributed by atoms with Gasteiger partial charge >= 0.3 is 5.97 Å². The van der Waals surface area contributed by atoms with E-state index in [4.69, 9.17) is 4.42 Å². The summed E-state index contributed by atoms with van der Waals surface area (Å²) in [4.78, 5) is 16.3. The SMILES string of the molecule is O=C(O)c1c(-c2ccc3ccccc3c2)csc1NC(O)c1nc2ccccc2o1. The van der Waals surface area contributed by atoms with Gasteiger partial charge in [-0.05, 0) is 34.5 Å². The van der Waals surface area contributed by atoms with E-state index in [-0.39, 0.29) is 11.5 Å². The molecule has 0 fully saturated rings. The molecule has 0 radical (unpaired) electrons. The first-order valence-corrected chi connectivity index (χ1v) is 10.1. The lowest BCUT2D eigenvalue weighted by atomic mass is 10.0. The van der Waals surface area contributed by atoms with E-state index >= 15 is 0 Å². The number of anilines is 1. The molecule has 148 valence electrons. The molecule has 1 atom stereocenters. The van der Waals surface area contributed by atoms with Crippen molar-refractivity contribution in [1.82, 2.24) is 4.98 Å². The van der Waals surface area contributed by atoms with Crippen molar-refractivity contribution in [2.24, 2.45) is 0 Å². The van der Waals surface area contributed by atoms with Gasteiger partial charge < -0.3 is 19.9 Å². The molecule has 3 N–H and O–H groups in total. The molecule has 2 heterocycles. The highest BCUT2D eigenvalue weighted by atomic mass is 32.1. The van der Waals surface area contributed by atoms with Crippen LogP contribution in [0.15, 0.2) is 76.5 Å². The van der Waals surface area contributed by atoms with E-state index in [1.165, 1.54) is 11.3 Å². The van der Waals surface area contributed by atoms with E-state index in [0.29, 0.717) is 21.7 Å². The Morgan fingerprint density at radius 2 is 1.80 bits per heavy atom. The van der Waals surface area contributed by atoms with Gasteiger partial charge in [-0.1, -0.05) is 48.5 Å². The number of rotatable bonds is 5. The quantitative estimate of drug-likeness (QED) is 0.327. The predicted octanol–water partition coefficient (Wildman–Crippen LogP) is 5.51. The lowest BCUT2D eigenvalue weighted by Gasteiger charge is -2.11. The number of nitrogens with zero attached hydrogens (tertiary/aromatic N) is 1. The van der Waals surface area contributed by atoms with Gasteiger partial charge in [0.15, 0.2) is 5.58 Å². The van der Waals surface area contributed by atoms with Gasteiger partial charge in [0.1, 0.15) is 16.1 Å². The second-order valence-electron chi connectivity index (χ2n) is 6.79. The molecule has 5 aromatic rings. The zero-order valence-corrected chi connectivity index (χ0v) is 16.4. The molecule has 6 nitrogen and oxygen atoms in total. The van der Waals surface area contributed by atoms with Gasteiger partial charge in [-0.3, -0.25) is 0 Å². The van der Waals surface area contributed by atoms with Crippen LogP contribution < -0.4 is 5.32 Å². The summed E-state index contributed by atoms with van der Waals surface area (Å²) in [5.41, 5.74) is 2.66. The summed E-state index contributed by atoms with van der Waals surface area (Å²) in [5, 5.41) is 27.5. The average molecular weight is 416 g/mol. The molecule has 3 aromatic carbocycles. The number of fused-ring (bicyclic) bond motifs is 2. The maximum absolute atomic E-state index is 12.0. The van der Waals surface area contributed by atoms with Gasteiger partial charge in [0.2, 0.25) is 12.1 Å². The number of aliphatic hydroxyl groups is 1. The van der Waals surface area contributed by atoms with Gasteiger partial charge in [-0.15, -0.1) is 11.3 Å². The van der Waals surface area contributed by atoms with E-state index in [1.54, 1.807) is 17.5 Å². The molecule has 0 aliphatic carbocycles. The first kappa shape index (κ1) is 18.4. The number of aromatic nitrogens is 1. The Hall–Kier alpha value is -3.68. The van der Waals surface area contributed by atoms with Gasteiger partial charge in [0.25, 0.3) is 0 Å². The number of aromatic carboxylic acids is 1. The Labute approximate surface area is 175 Å². The summed E-state index contributed by atoms with van der Waals surface area (Å²) in [6, 6.07) is 20.9. The zero-order chi connectivity index (χ0) is 20.7. The number of thiophene rings is 1. The highest BCUT2D eigenvalue weighted by molar-refractivity contribution is 7.15. The number of hydrogen-bond donors (Lipinski definition) is 3. The van der Waals surface area contributed by atoms with Gasteiger partial charge in [-0.2, -0.15) is 0 Å². The van der Waals surface area contributed by atoms with E-state index in [9.17, 15) is 15.0 Å². The third-order valence-corrected chi connectivity index (χ3v) is 5.79. The van der Waals surface area contributed by atoms with Crippen LogP contribution in [0.25, 0.3) is 33.0 Å². The molecule has 30 heavy (non-hydrogen) atoms. The molecule has 7 heteroatoms. The summed E-state index contributed by atoms with van der Waals surface area (Å²) >= 11 is 1.21. The number of carboxylic acid groups (broad SMARTS) is 1. The number of hydrogen-bond acceptors (Lipinski definition) is 6. The van der Waals surface area contributed by atoms with Crippen molar-refractivity contribution < 1.29 is 19.4 Å². The van der Waals surface area contributed by atoms with Crippen LogP contribution in [0.5, 0.6) is 0 Å². The molecule has 1 unspecified atom stereocenters. The number of para-hydroxylation sites is 2. The number of carboxylic acids is 1. The second-order valence-corrected chi connectivity index (χ2v) is 7.67. The molecule has 0 bridgehead atoms. The largest absolute Gasteiger partial charge is 0.478 e. The third kappa shape index (κ3) is 3.20. The van der Waals surface area contributed by atoms with Gasteiger partial charge in [0.05, 0.1) is 0 Å². The fourth-order valence-electron chi connectivity index (χ4n) is 3.44. The Balaban J connectivity index is 1.51. The summed E-state index contributed by atoms with van der Waals surface area (Å²) in [6.07, 6.45) is -1.28. The van der Waals surface area contributed by atoms with Gasteiger partial charge in [-0.25, -0.2) is 9.78 Å². The molecule has 0 saturated carbocycles. The molecular formula is C23H16N2O4S. The van der Waals surface area contributed by atoms with Crippen molar-refractivity contribution in [2.75, 3.05) is 5.32 Å². The molecule has 0 aliphatic rings. The summed E-state index contributed by atoms with van der Waals surface area (Å²) < 4.78 is 5.58. The number of nitrogens with one attached hydrogen (secondary N) is 1. The molecule has 5 rings (SSSR count). The average Bonchev–Trinajstić information content (AvgIpc) is 3.37. The second kappa shape index (κ2) is 7.29. The maximum atomic E-state index is 12.0. The molecule has 2 aromatic heterocycles. The fraction of sp³-hybridized carbons (Fsp3) is 0.0435. The lowest BCUT2D eigenvalue weighted by Crippen LogP contribution is -2.11. The van der Waals surface area contributed by atoms with Crippen molar-refractivity contribution in [1.29, 1.82) is 0 Å². The van der Waals surface area contributed by atoms with E-state index in [2.05, 4.69) is 10.3 Å². The molecule has 0 saturated heterocycles. The smallest absolute Gasteiger partial charge is 0.339 e. The van der Waals surface area contributed by atoms with E-state index < -0.39 is 12.2 Å². The highest BCUT2D eigenvalue weighted by Gasteiger charge is 2.23. The Morgan fingerprint density at radius 3 is 2.60 bits per heavy atom. The Kier molecular flexibility index (Phi) is 4.46. The fourth-order valence-corrected chi connectivity index (χ4v) is 4.42. The Morgan fingerprint density at radius 1 is 1.03 bits per heavy atom. The topological polar surface area (TPSA) is 95.6 Å². The normalized spacial score (nSPS) is 12.3. The highest BCUT2D eigenvalue weighted by Crippen LogP contribution is 2.38. The monoisotopic (exact) mass is 416 g/mol. The summed E-state index contributed by atoms with van der Waals surface area (Å²) in [7, 11) is 0. The first-order valence-electron chi connectivity index (χ1n) is 9.24. The standard InChI is InChI=1S/C23H16N2O4S/c26-20(21-24-17-7-3-4-8-18(17)29-21)25-22-19(23(27)28)16(12-30-22)15-10-9-13-5-1-2-6-14(13)11-15/h1-12,20,25-26H,(H,27,28). The van der Waals surface area contributed by atoms with Crippen LogP contribution in [-0.4, -0.2) is 21.2 Å². The summed E-state index contributed by atoms with van der Waals surface area (Å²) in [6.45, 7) is 0. The number of aliphatic hydroxyl groups excluding tert-OH is 1. The van der Waals surface area contributed by atoms with Crippen molar-refractivity contribution in [2.45, 2.75) is 6.23 Å². The minimum atomic E-state index is -1.28. The van der Waals surface area contributed by atoms with E-state index in [1.807, 2.05) is 54.6 Å². The van der Waals surface area contributed by atoms with Gasteiger partial charge in [0, 0.05) is 10.9 Å². The van der Waals surface area contributed by atoms with Crippen LogP contribution >= 0.6 is 11.3 Å². The number of benzene rings is 3. The van der Waals surface area contributed by atoms with Crippen LogP contribution in [0.4, 0.5) is 5.00 Å². The third-order valence-electron chi connectivity index (χ3n) is 4.88. The molecule has 0 amide bonds. The van der Waals surface area contributed by atoms with E-state index in [0.717, 1.165) is 16.3 Å². The molecule has 0 aliphatic heterocycles. The zero-order valence-electron chi connectivity index (χ0n) is 15.6. The maximum Gasteiger partial charge on any atom is 0.339 e. The van der Waals surface area contributed by atoms with Crippen molar-refractivity contribution in [3.8, 4) is 11.1 Å². The number of oxazole rings is 1. The van der Waals surface area contributed by atoms with Crippen LogP contribution in [0.2, 0.25) is 0 Å². The lowest BCUT2D eigenvalue weighted by molar-refractivity contribution is 0.0699. The minimum absolute atomic E-state index is 0.0770.